The number of benzene rings is 2. The van der Waals surface area contributed by atoms with Gasteiger partial charge in [-0.3, -0.25) is 4.79 Å². The van der Waals surface area contributed by atoms with Crippen LogP contribution in [0.3, 0.4) is 0 Å². The predicted molar refractivity (Wildman–Crippen MR) is 89.5 cm³/mol. The van der Waals surface area contributed by atoms with Crippen LogP contribution in [0.25, 0.3) is 0 Å². The van der Waals surface area contributed by atoms with E-state index in [4.69, 9.17) is 0 Å². The van der Waals surface area contributed by atoms with Gasteiger partial charge in [-0.2, -0.15) is 0 Å². The number of aromatic hydroxyl groups is 1. The molecule has 0 spiro atoms. The third kappa shape index (κ3) is 4.52. The minimum Gasteiger partial charge on any atom is -0.508 e. The molecular weight excluding hydrogens is 276 g/mol. The fourth-order valence-corrected chi connectivity index (χ4v) is 2.22. The second-order valence-corrected chi connectivity index (χ2v) is 5.47. The predicted octanol–water partition coefficient (Wildman–Crippen LogP) is 2.82. The number of anilines is 1. The van der Waals surface area contributed by atoms with E-state index in [9.17, 15) is 9.90 Å². The summed E-state index contributed by atoms with van der Waals surface area (Å²) in [6.07, 6.45) is 1.67. The van der Waals surface area contributed by atoms with Crippen LogP contribution in [0.1, 0.15) is 22.3 Å². The fraction of sp³-hybridized carbons (Fsp3) is 0.278. The van der Waals surface area contributed by atoms with Gasteiger partial charge in [-0.15, -0.1) is 0 Å². The summed E-state index contributed by atoms with van der Waals surface area (Å²) in [6, 6.07) is 14.7. The Morgan fingerprint density at radius 3 is 2.50 bits per heavy atom. The van der Waals surface area contributed by atoms with Crippen molar-refractivity contribution in [3.63, 3.8) is 0 Å². The first kappa shape index (κ1) is 15.9. The number of hydrogen-bond acceptors (Lipinski definition) is 3. The van der Waals surface area contributed by atoms with E-state index in [2.05, 4.69) is 5.32 Å². The first-order valence-electron chi connectivity index (χ1n) is 7.40. The number of aryl methyl sites for hydroxylation is 1. The van der Waals surface area contributed by atoms with Crippen molar-refractivity contribution in [2.24, 2.45) is 0 Å². The van der Waals surface area contributed by atoms with Gasteiger partial charge < -0.3 is 15.3 Å². The standard InChI is InChI=1S/C18H22N2O2/c1-20(2)16-10-8-15(9-11-16)18(22)19-12-4-6-14-5-3-7-17(21)13-14/h3,5,7-11,13,21H,4,6,12H2,1-2H3,(H,19,22). The molecule has 0 atom stereocenters. The molecule has 2 rings (SSSR count). The molecule has 2 aromatic carbocycles. The van der Waals surface area contributed by atoms with Crippen LogP contribution in [0.15, 0.2) is 48.5 Å². The van der Waals surface area contributed by atoms with Crippen molar-refractivity contribution in [2.75, 3.05) is 25.5 Å². The Bertz CT molecular complexity index is 621. The Hall–Kier alpha value is -2.49. The largest absolute Gasteiger partial charge is 0.508 e. The van der Waals surface area contributed by atoms with E-state index in [0.717, 1.165) is 24.1 Å². The van der Waals surface area contributed by atoms with E-state index in [1.807, 2.05) is 55.4 Å². The Labute approximate surface area is 131 Å². The number of amides is 1. The number of nitrogens with zero attached hydrogens (tertiary/aromatic N) is 1. The number of rotatable bonds is 6. The van der Waals surface area contributed by atoms with Gasteiger partial charge in [0.15, 0.2) is 0 Å². The number of carbonyl (C=O) groups excluding carboxylic acids is 1. The molecule has 116 valence electrons. The van der Waals surface area contributed by atoms with Crippen LogP contribution in [-0.4, -0.2) is 31.7 Å². The van der Waals surface area contributed by atoms with Crippen molar-refractivity contribution in [2.45, 2.75) is 12.8 Å². The van der Waals surface area contributed by atoms with Crippen molar-refractivity contribution in [3.05, 3.63) is 59.7 Å². The summed E-state index contributed by atoms with van der Waals surface area (Å²) < 4.78 is 0. The van der Waals surface area contributed by atoms with Crippen LogP contribution < -0.4 is 10.2 Å². The maximum atomic E-state index is 12.0. The quantitative estimate of drug-likeness (QED) is 0.806. The van der Waals surface area contributed by atoms with E-state index in [1.54, 1.807) is 12.1 Å². The van der Waals surface area contributed by atoms with E-state index in [1.165, 1.54) is 0 Å². The molecule has 0 saturated carbocycles. The molecule has 0 heterocycles. The van der Waals surface area contributed by atoms with Crippen molar-refractivity contribution < 1.29 is 9.90 Å². The normalized spacial score (nSPS) is 10.3. The third-order valence-corrected chi connectivity index (χ3v) is 3.48. The van der Waals surface area contributed by atoms with Crippen LogP contribution in [0.5, 0.6) is 5.75 Å². The van der Waals surface area contributed by atoms with Crippen LogP contribution in [0, 0.1) is 0 Å². The molecule has 0 aliphatic carbocycles. The van der Waals surface area contributed by atoms with Gasteiger partial charge >= 0.3 is 0 Å². The molecule has 0 aromatic heterocycles. The summed E-state index contributed by atoms with van der Waals surface area (Å²) in [6.45, 7) is 0.615. The van der Waals surface area contributed by atoms with Gasteiger partial charge in [-0.05, 0) is 54.8 Å². The van der Waals surface area contributed by atoms with Gasteiger partial charge in [0.05, 0.1) is 0 Å². The van der Waals surface area contributed by atoms with Gasteiger partial charge in [0.2, 0.25) is 0 Å². The molecule has 22 heavy (non-hydrogen) atoms. The lowest BCUT2D eigenvalue weighted by Gasteiger charge is -2.12. The summed E-state index contributed by atoms with van der Waals surface area (Å²) in [5.74, 6) is 0.226. The highest BCUT2D eigenvalue weighted by Gasteiger charge is 2.05. The number of carbonyl (C=O) groups is 1. The highest BCUT2D eigenvalue weighted by atomic mass is 16.3. The molecule has 4 nitrogen and oxygen atoms in total. The minimum absolute atomic E-state index is 0.0544. The van der Waals surface area contributed by atoms with Gasteiger partial charge in [-0.25, -0.2) is 0 Å². The molecule has 0 radical (unpaired) electrons. The molecular formula is C18H22N2O2. The number of phenolic OH excluding ortho intramolecular Hbond substituents is 1. The van der Waals surface area contributed by atoms with Crippen LogP contribution in [-0.2, 0) is 6.42 Å². The van der Waals surface area contributed by atoms with E-state index in [-0.39, 0.29) is 11.7 Å². The lowest BCUT2D eigenvalue weighted by atomic mass is 10.1. The third-order valence-electron chi connectivity index (χ3n) is 3.48. The monoisotopic (exact) mass is 298 g/mol. The minimum atomic E-state index is -0.0544. The first-order chi connectivity index (χ1) is 10.6. The summed E-state index contributed by atoms with van der Waals surface area (Å²) in [4.78, 5) is 14.0. The number of phenols is 1. The van der Waals surface area contributed by atoms with Crippen molar-refractivity contribution in [3.8, 4) is 5.75 Å². The van der Waals surface area contributed by atoms with Crippen LogP contribution in [0.2, 0.25) is 0 Å². The van der Waals surface area contributed by atoms with Crippen molar-refractivity contribution in [1.29, 1.82) is 0 Å². The zero-order valence-electron chi connectivity index (χ0n) is 13.0. The molecule has 0 unspecified atom stereocenters. The molecule has 2 aromatic rings. The van der Waals surface area contributed by atoms with Gasteiger partial charge in [0, 0.05) is 31.9 Å². The molecule has 1 amide bonds. The van der Waals surface area contributed by atoms with Crippen molar-refractivity contribution in [1.82, 2.24) is 5.32 Å². The van der Waals surface area contributed by atoms with Gasteiger partial charge in [0.25, 0.3) is 5.91 Å². The molecule has 4 heteroatoms. The zero-order valence-corrected chi connectivity index (χ0v) is 13.0. The molecule has 0 fully saturated rings. The zero-order chi connectivity index (χ0) is 15.9. The van der Waals surface area contributed by atoms with Gasteiger partial charge in [0.1, 0.15) is 5.75 Å². The fourth-order valence-electron chi connectivity index (χ4n) is 2.22. The summed E-state index contributed by atoms with van der Waals surface area (Å²) in [5, 5.41) is 12.3. The molecule has 0 aliphatic rings. The lowest BCUT2D eigenvalue weighted by molar-refractivity contribution is 0.0953. The van der Waals surface area contributed by atoms with Crippen molar-refractivity contribution >= 4 is 11.6 Å². The van der Waals surface area contributed by atoms with Gasteiger partial charge in [-0.1, -0.05) is 12.1 Å². The Kier molecular flexibility index (Phi) is 5.42. The molecule has 2 N–H and O–H groups in total. The molecule has 0 aliphatic heterocycles. The Morgan fingerprint density at radius 1 is 1.14 bits per heavy atom. The Balaban J connectivity index is 1.78. The molecule has 0 bridgehead atoms. The topological polar surface area (TPSA) is 52.6 Å². The maximum absolute atomic E-state index is 12.0. The average Bonchev–Trinajstić information content (AvgIpc) is 2.51. The first-order valence-corrected chi connectivity index (χ1v) is 7.40. The van der Waals surface area contributed by atoms with E-state index < -0.39 is 0 Å². The highest BCUT2D eigenvalue weighted by Crippen LogP contribution is 2.13. The smallest absolute Gasteiger partial charge is 0.251 e. The van der Waals surface area contributed by atoms with E-state index >= 15 is 0 Å². The SMILES string of the molecule is CN(C)c1ccc(C(=O)NCCCc2cccc(O)c2)cc1. The lowest BCUT2D eigenvalue weighted by Crippen LogP contribution is -2.24. The number of hydrogen-bond donors (Lipinski definition) is 2. The number of nitrogens with one attached hydrogen (secondary N) is 1. The van der Waals surface area contributed by atoms with Crippen LogP contribution in [0.4, 0.5) is 5.69 Å². The van der Waals surface area contributed by atoms with Crippen LogP contribution >= 0.6 is 0 Å². The second kappa shape index (κ2) is 7.50. The van der Waals surface area contributed by atoms with E-state index in [0.29, 0.717) is 12.1 Å². The maximum Gasteiger partial charge on any atom is 0.251 e. The molecule has 0 saturated heterocycles. The Morgan fingerprint density at radius 2 is 1.86 bits per heavy atom. The highest BCUT2D eigenvalue weighted by molar-refractivity contribution is 5.94. The summed E-state index contributed by atoms with van der Waals surface area (Å²) >= 11 is 0. The summed E-state index contributed by atoms with van der Waals surface area (Å²) in [5.41, 5.74) is 2.81. The average molecular weight is 298 g/mol. The summed E-state index contributed by atoms with van der Waals surface area (Å²) in [7, 11) is 3.94. The second-order valence-electron chi connectivity index (χ2n) is 5.47.